The van der Waals surface area contributed by atoms with Gasteiger partial charge in [-0.3, -0.25) is 4.68 Å². The first-order valence-corrected chi connectivity index (χ1v) is 5.46. The fourth-order valence-electron chi connectivity index (χ4n) is 2.20. The molecule has 0 saturated heterocycles. The van der Waals surface area contributed by atoms with Crippen LogP contribution in [-0.2, 0) is 11.8 Å². The molecule has 15 heavy (non-hydrogen) atoms. The molecule has 1 aliphatic rings. The van der Waals surface area contributed by atoms with Crippen molar-refractivity contribution in [3.63, 3.8) is 0 Å². The van der Waals surface area contributed by atoms with E-state index in [9.17, 15) is 0 Å². The predicted molar refractivity (Wildman–Crippen MR) is 58.5 cm³/mol. The minimum Gasteiger partial charge on any atom is -0.379 e. The molecule has 0 aliphatic heterocycles. The Labute approximate surface area is 90.6 Å². The van der Waals surface area contributed by atoms with Crippen LogP contribution in [-0.4, -0.2) is 30.0 Å². The Bertz CT molecular complexity index is 319. The molecule has 0 amide bonds. The molecular weight excluding hydrogens is 190 g/mol. The summed E-state index contributed by atoms with van der Waals surface area (Å²) in [6.45, 7) is 0. The Balaban J connectivity index is 2.18. The van der Waals surface area contributed by atoms with Crippen LogP contribution in [0, 0.1) is 5.92 Å². The van der Waals surface area contributed by atoms with Crippen molar-refractivity contribution in [2.45, 2.75) is 25.0 Å². The number of aryl methyl sites for hydroxylation is 1. The second kappa shape index (κ2) is 4.33. The van der Waals surface area contributed by atoms with E-state index >= 15 is 0 Å². The van der Waals surface area contributed by atoms with Crippen molar-refractivity contribution in [3.8, 4) is 0 Å². The van der Waals surface area contributed by atoms with Gasteiger partial charge >= 0.3 is 0 Å². The maximum atomic E-state index is 5.60. The number of ether oxygens (including phenoxy) is 1. The van der Waals surface area contributed by atoms with Crippen molar-refractivity contribution in [2.24, 2.45) is 13.0 Å². The molecule has 1 aromatic rings. The normalized spacial score (nSPS) is 20.2. The number of methoxy groups -OCH3 is 1. The largest absolute Gasteiger partial charge is 0.379 e. The van der Waals surface area contributed by atoms with Crippen molar-refractivity contribution in [3.05, 3.63) is 18.0 Å². The van der Waals surface area contributed by atoms with Crippen LogP contribution in [0.25, 0.3) is 0 Å². The number of aromatic nitrogens is 2. The summed E-state index contributed by atoms with van der Waals surface area (Å²) in [5.41, 5.74) is 1.19. The first kappa shape index (κ1) is 10.6. The molecule has 0 bridgehead atoms. The van der Waals surface area contributed by atoms with E-state index in [1.807, 2.05) is 25.0 Å². The summed E-state index contributed by atoms with van der Waals surface area (Å²) in [6, 6.07) is 2.30. The molecule has 0 radical (unpaired) electrons. The molecule has 1 N–H and O–H groups in total. The monoisotopic (exact) mass is 209 g/mol. The van der Waals surface area contributed by atoms with Gasteiger partial charge in [-0.2, -0.15) is 5.10 Å². The molecule has 2 rings (SSSR count). The minimum absolute atomic E-state index is 0.245. The van der Waals surface area contributed by atoms with Crippen molar-refractivity contribution in [2.75, 3.05) is 14.2 Å². The molecule has 2 unspecified atom stereocenters. The van der Waals surface area contributed by atoms with Gasteiger partial charge in [0.25, 0.3) is 0 Å². The van der Waals surface area contributed by atoms with E-state index in [-0.39, 0.29) is 12.1 Å². The average Bonchev–Trinajstić information content (AvgIpc) is 2.99. The van der Waals surface area contributed by atoms with Crippen molar-refractivity contribution in [1.29, 1.82) is 0 Å². The smallest absolute Gasteiger partial charge is 0.0809 e. The van der Waals surface area contributed by atoms with Crippen LogP contribution in [0.4, 0.5) is 0 Å². The molecule has 1 saturated carbocycles. The molecular formula is C11H19N3O. The highest BCUT2D eigenvalue weighted by Crippen LogP contribution is 2.39. The Morgan fingerprint density at radius 3 is 2.73 bits per heavy atom. The summed E-state index contributed by atoms with van der Waals surface area (Å²) >= 11 is 0. The van der Waals surface area contributed by atoms with Gasteiger partial charge in [-0.05, 0) is 31.9 Å². The van der Waals surface area contributed by atoms with Gasteiger partial charge in [0.05, 0.1) is 17.8 Å². The van der Waals surface area contributed by atoms with Gasteiger partial charge in [0.1, 0.15) is 0 Å². The molecule has 2 atom stereocenters. The molecule has 1 aliphatic carbocycles. The molecule has 1 fully saturated rings. The highest BCUT2D eigenvalue weighted by Gasteiger charge is 2.37. The van der Waals surface area contributed by atoms with Gasteiger partial charge in [-0.1, -0.05) is 0 Å². The third-order valence-electron chi connectivity index (χ3n) is 3.18. The quantitative estimate of drug-likeness (QED) is 0.789. The average molecular weight is 209 g/mol. The van der Waals surface area contributed by atoms with E-state index in [4.69, 9.17) is 4.74 Å². The maximum absolute atomic E-state index is 5.60. The van der Waals surface area contributed by atoms with E-state index in [0.29, 0.717) is 5.92 Å². The summed E-state index contributed by atoms with van der Waals surface area (Å²) in [4.78, 5) is 0. The van der Waals surface area contributed by atoms with Gasteiger partial charge in [0.2, 0.25) is 0 Å². The molecule has 4 heteroatoms. The van der Waals surface area contributed by atoms with E-state index < -0.39 is 0 Å². The molecule has 4 nitrogen and oxygen atoms in total. The van der Waals surface area contributed by atoms with Crippen LogP contribution in [0.2, 0.25) is 0 Å². The Kier molecular flexibility index (Phi) is 3.07. The number of nitrogens with zero attached hydrogens (tertiary/aromatic N) is 2. The Morgan fingerprint density at radius 2 is 2.33 bits per heavy atom. The van der Waals surface area contributed by atoms with Crippen LogP contribution in [0.5, 0.6) is 0 Å². The third kappa shape index (κ3) is 2.06. The zero-order valence-corrected chi connectivity index (χ0v) is 9.60. The lowest BCUT2D eigenvalue weighted by Crippen LogP contribution is -2.34. The lowest BCUT2D eigenvalue weighted by atomic mass is 10.0. The van der Waals surface area contributed by atoms with E-state index in [1.165, 1.54) is 18.5 Å². The fourth-order valence-corrected chi connectivity index (χ4v) is 2.20. The fraction of sp³-hybridized carbons (Fsp3) is 0.727. The topological polar surface area (TPSA) is 39.1 Å². The third-order valence-corrected chi connectivity index (χ3v) is 3.18. The molecule has 84 valence electrons. The van der Waals surface area contributed by atoms with Crippen LogP contribution >= 0.6 is 0 Å². The number of nitrogens with one attached hydrogen (secondary N) is 1. The van der Waals surface area contributed by atoms with Crippen LogP contribution in [0.3, 0.4) is 0 Å². The maximum Gasteiger partial charge on any atom is 0.0809 e. The second-order valence-electron chi connectivity index (χ2n) is 4.18. The van der Waals surface area contributed by atoms with Crippen LogP contribution < -0.4 is 5.32 Å². The summed E-state index contributed by atoms with van der Waals surface area (Å²) in [6.07, 6.45) is 4.67. The minimum atomic E-state index is 0.245. The highest BCUT2D eigenvalue weighted by atomic mass is 16.5. The van der Waals surface area contributed by atoms with E-state index in [2.05, 4.69) is 16.5 Å². The molecule has 1 heterocycles. The lowest BCUT2D eigenvalue weighted by molar-refractivity contribution is 0.0506. The summed E-state index contributed by atoms with van der Waals surface area (Å²) in [5, 5.41) is 7.53. The second-order valence-corrected chi connectivity index (χ2v) is 4.18. The van der Waals surface area contributed by atoms with Gasteiger partial charge in [-0.15, -0.1) is 0 Å². The van der Waals surface area contributed by atoms with E-state index in [1.54, 1.807) is 7.11 Å². The Hall–Kier alpha value is -0.870. The van der Waals surface area contributed by atoms with Gasteiger partial charge < -0.3 is 10.1 Å². The summed E-state index contributed by atoms with van der Waals surface area (Å²) in [5.74, 6) is 0.711. The number of hydrogen-bond donors (Lipinski definition) is 1. The van der Waals surface area contributed by atoms with Crippen molar-refractivity contribution in [1.82, 2.24) is 15.1 Å². The molecule has 1 aromatic heterocycles. The highest BCUT2D eigenvalue weighted by molar-refractivity contribution is 5.10. The zero-order chi connectivity index (χ0) is 10.8. The Morgan fingerprint density at radius 1 is 1.60 bits per heavy atom. The molecule has 0 spiro atoms. The SMILES string of the molecule is CNC(c1ccnn1C)C(OC)C1CC1. The van der Waals surface area contributed by atoms with Crippen LogP contribution in [0.1, 0.15) is 24.6 Å². The summed E-state index contributed by atoms with van der Waals surface area (Å²) < 4.78 is 7.51. The zero-order valence-electron chi connectivity index (χ0n) is 9.60. The van der Waals surface area contributed by atoms with E-state index in [0.717, 1.165) is 0 Å². The van der Waals surface area contributed by atoms with Gasteiger partial charge in [-0.25, -0.2) is 0 Å². The number of rotatable bonds is 5. The lowest BCUT2D eigenvalue weighted by Gasteiger charge is -2.25. The van der Waals surface area contributed by atoms with Crippen LogP contribution in [0.15, 0.2) is 12.3 Å². The van der Waals surface area contributed by atoms with Crippen molar-refractivity contribution < 1.29 is 4.74 Å². The standard InChI is InChI=1S/C11H19N3O/c1-12-10(9-6-7-13-14(9)2)11(15-3)8-4-5-8/h6-8,10-12H,4-5H2,1-3H3. The number of likely N-dealkylation sites (N-methyl/N-ethyl adjacent to an activating group) is 1. The predicted octanol–water partition coefficient (Wildman–Crippen LogP) is 1.11. The number of hydrogen-bond acceptors (Lipinski definition) is 3. The first-order valence-electron chi connectivity index (χ1n) is 5.46. The van der Waals surface area contributed by atoms with Gasteiger partial charge in [0.15, 0.2) is 0 Å². The first-order chi connectivity index (χ1) is 7.27. The van der Waals surface area contributed by atoms with Gasteiger partial charge in [0, 0.05) is 20.4 Å². The molecule has 0 aromatic carbocycles. The van der Waals surface area contributed by atoms with Crippen molar-refractivity contribution >= 4 is 0 Å². The summed E-state index contributed by atoms with van der Waals surface area (Å²) in [7, 11) is 5.75.